The van der Waals surface area contributed by atoms with Gasteiger partial charge in [0.05, 0.1) is 0 Å². The zero-order valence-corrected chi connectivity index (χ0v) is 11.0. The predicted molar refractivity (Wildman–Crippen MR) is 70.0 cm³/mol. The van der Waals surface area contributed by atoms with Crippen LogP contribution >= 0.6 is 0 Å². The van der Waals surface area contributed by atoms with E-state index < -0.39 is 6.04 Å². The van der Waals surface area contributed by atoms with E-state index in [0.29, 0.717) is 11.5 Å². The predicted octanol–water partition coefficient (Wildman–Crippen LogP) is -0.257. The minimum atomic E-state index is -0.428. The van der Waals surface area contributed by atoms with Crippen molar-refractivity contribution in [3.8, 4) is 0 Å². The maximum Gasteiger partial charge on any atom is 0.348 e. The van der Waals surface area contributed by atoms with Gasteiger partial charge in [-0.15, -0.1) is 0 Å². The second kappa shape index (κ2) is 5.09. The Bertz CT molecular complexity index is 644. The molecule has 3 N–H and O–H groups in total. The molecule has 8 nitrogen and oxygen atoms in total. The van der Waals surface area contributed by atoms with E-state index in [0.717, 1.165) is 0 Å². The van der Waals surface area contributed by atoms with E-state index in [-0.39, 0.29) is 17.6 Å². The lowest BCUT2D eigenvalue weighted by atomic mass is 10.3. The second-order valence-corrected chi connectivity index (χ2v) is 4.56. The third-order valence-corrected chi connectivity index (χ3v) is 2.50. The summed E-state index contributed by atoms with van der Waals surface area (Å²) in [4.78, 5) is 27.1. The van der Waals surface area contributed by atoms with E-state index >= 15 is 0 Å². The number of amides is 1. The molecular formula is C11H16N6O2. The van der Waals surface area contributed by atoms with E-state index in [2.05, 4.69) is 25.8 Å². The van der Waals surface area contributed by atoms with Crippen molar-refractivity contribution in [2.75, 3.05) is 5.32 Å². The summed E-state index contributed by atoms with van der Waals surface area (Å²) in [7, 11) is 0. The number of H-pyrrole nitrogens is 1. The van der Waals surface area contributed by atoms with Crippen LogP contribution in [0.25, 0.3) is 5.65 Å². The number of carbonyl (C=O) groups is 1. The second-order valence-electron chi connectivity index (χ2n) is 4.56. The van der Waals surface area contributed by atoms with Gasteiger partial charge in [0.15, 0.2) is 5.65 Å². The van der Waals surface area contributed by atoms with E-state index in [4.69, 9.17) is 0 Å². The fourth-order valence-electron chi connectivity index (χ4n) is 1.59. The standard InChI is InChI=1S/C11H16N6O2/c1-6(2)13-10(18)7(3)14-8-4-9-15-16-11(19)17(9)5-12-8/h4-7,14H,1-3H3,(H,13,18)(H,16,19). The van der Waals surface area contributed by atoms with Crippen molar-refractivity contribution in [3.63, 3.8) is 0 Å². The molecule has 0 saturated heterocycles. The van der Waals surface area contributed by atoms with Crippen LogP contribution in [0, 0.1) is 0 Å². The molecule has 2 aromatic rings. The quantitative estimate of drug-likeness (QED) is 0.706. The molecule has 0 aliphatic heterocycles. The molecule has 1 amide bonds. The molecule has 2 aromatic heterocycles. The Labute approximate surface area is 109 Å². The van der Waals surface area contributed by atoms with Crippen molar-refractivity contribution >= 4 is 17.4 Å². The number of nitrogens with zero attached hydrogens (tertiary/aromatic N) is 3. The number of rotatable bonds is 4. The molecule has 1 unspecified atom stereocenters. The van der Waals surface area contributed by atoms with Crippen molar-refractivity contribution in [2.45, 2.75) is 32.9 Å². The van der Waals surface area contributed by atoms with E-state index in [1.165, 1.54) is 10.7 Å². The topological polar surface area (TPSA) is 104 Å². The summed E-state index contributed by atoms with van der Waals surface area (Å²) in [5.74, 6) is 0.369. The number of hydrogen-bond acceptors (Lipinski definition) is 5. The first kappa shape index (κ1) is 13.1. The molecule has 0 bridgehead atoms. The van der Waals surface area contributed by atoms with Gasteiger partial charge < -0.3 is 10.6 Å². The van der Waals surface area contributed by atoms with Crippen molar-refractivity contribution in [2.24, 2.45) is 0 Å². The first-order valence-corrected chi connectivity index (χ1v) is 5.97. The van der Waals surface area contributed by atoms with E-state index in [1.54, 1.807) is 13.0 Å². The molecule has 0 spiro atoms. The van der Waals surface area contributed by atoms with Gasteiger partial charge in [0.1, 0.15) is 18.2 Å². The Balaban J connectivity index is 2.12. The van der Waals surface area contributed by atoms with Crippen LogP contribution in [0.5, 0.6) is 0 Å². The third kappa shape index (κ3) is 2.90. The SMILES string of the molecule is CC(C)NC(=O)C(C)Nc1cc2n[nH]c(=O)n2cn1. The summed E-state index contributed by atoms with van der Waals surface area (Å²) < 4.78 is 1.28. The number of nitrogens with one attached hydrogen (secondary N) is 3. The normalized spacial score (nSPS) is 12.6. The molecule has 19 heavy (non-hydrogen) atoms. The molecule has 1 atom stereocenters. The van der Waals surface area contributed by atoms with Gasteiger partial charge in [0.25, 0.3) is 0 Å². The number of fused-ring (bicyclic) bond motifs is 1. The number of aromatic amines is 1. The van der Waals surface area contributed by atoms with Crippen LogP contribution in [0.4, 0.5) is 5.82 Å². The van der Waals surface area contributed by atoms with Crippen LogP contribution in [0.1, 0.15) is 20.8 Å². The van der Waals surface area contributed by atoms with Crippen LogP contribution in [-0.4, -0.2) is 37.6 Å². The maximum absolute atomic E-state index is 11.7. The number of hydrogen-bond donors (Lipinski definition) is 3. The van der Waals surface area contributed by atoms with Gasteiger partial charge in [0, 0.05) is 12.1 Å². The summed E-state index contributed by atoms with van der Waals surface area (Å²) in [6.45, 7) is 5.52. The Hall–Kier alpha value is -2.38. The zero-order valence-electron chi connectivity index (χ0n) is 11.0. The van der Waals surface area contributed by atoms with Crippen LogP contribution < -0.4 is 16.3 Å². The summed E-state index contributed by atoms with van der Waals surface area (Å²) >= 11 is 0. The van der Waals surface area contributed by atoms with Gasteiger partial charge in [-0.05, 0) is 20.8 Å². The lowest BCUT2D eigenvalue weighted by molar-refractivity contribution is -0.122. The highest BCUT2D eigenvalue weighted by Gasteiger charge is 2.14. The minimum Gasteiger partial charge on any atom is -0.358 e. The molecule has 8 heteroatoms. The van der Waals surface area contributed by atoms with Gasteiger partial charge in [-0.1, -0.05) is 0 Å². The zero-order chi connectivity index (χ0) is 14.0. The third-order valence-electron chi connectivity index (χ3n) is 2.50. The van der Waals surface area contributed by atoms with Gasteiger partial charge >= 0.3 is 5.69 Å². The monoisotopic (exact) mass is 264 g/mol. The Morgan fingerprint density at radius 1 is 1.42 bits per heavy atom. The Kier molecular flexibility index (Phi) is 3.50. The Morgan fingerprint density at radius 3 is 2.84 bits per heavy atom. The van der Waals surface area contributed by atoms with Crippen LogP contribution in [0.2, 0.25) is 0 Å². The van der Waals surface area contributed by atoms with Crippen LogP contribution in [0.15, 0.2) is 17.2 Å². The first-order valence-electron chi connectivity index (χ1n) is 5.97. The average molecular weight is 264 g/mol. The van der Waals surface area contributed by atoms with Gasteiger partial charge in [-0.3, -0.25) is 4.79 Å². The number of aromatic nitrogens is 4. The Morgan fingerprint density at radius 2 is 2.16 bits per heavy atom. The average Bonchev–Trinajstić information content (AvgIpc) is 2.70. The summed E-state index contributed by atoms with van der Waals surface area (Å²) in [6.07, 6.45) is 1.36. The molecule has 2 rings (SSSR count). The number of carbonyl (C=O) groups excluding carboxylic acids is 1. The smallest absolute Gasteiger partial charge is 0.348 e. The van der Waals surface area contributed by atoms with Crippen LogP contribution in [-0.2, 0) is 4.79 Å². The maximum atomic E-state index is 11.7. The van der Waals surface area contributed by atoms with E-state index in [9.17, 15) is 9.59 Å². The fraction of sp³-hybridized carbons (Fsp3) is 0.455. The molecule has 0 fully saturated rings. The van der Waals surface area contributed by atoms with Crippen molar-refractivity contribution in [1.29, 1.82) is 0 Å². The van der Waals surface area contributed by atoms with Gasteiger partial charge in [-0.2, -0.15) is 5.10 Å². The molecule has 0 aliphatic carbocycles. The van der Waals surface area contributed by atoms with Gasteiger partial charge in [0.2, 0.25) is 5.91 Å². The van der Waals surface area contributed by atoms with Crippen molar-refractivity contribution < 1.29 is 4.79 Å². The van der Waals surface area contributed by atoms with Crippen molar-refractivity contribution in [1.82, 2.24) is 24.9 Å². The summed E-state index contributed by atoms with van der Waals surface area (Å²) in [5.41, 5.74) is 0.0959. The lowest BCUT2D eigenvalue weighted by Gasteiger charge is -2.16. The number of anilines is 1. The summed E-state index contributed by atoms with van der Waals surface area (Å²) in [6, 6.07) is 1.25. The van der Waals surface area contributed by atoms with E-state index in [1.807, 2.05) is 13.8 Å². The highest BCUT2D eigenvalue weighted by atomic mass is 16.2. The fourth-order valence-corrected chi connectivity index (χ4v) is 1.59. The highest BCUT2D eigenvalue weighted by molar-refractivity contribution is 5.84. The molecule has 0 aromatic carbocycles. The molecule has 2 heterocycles. The first-order chi connectivity index (χ1) is 8.97. The molecule has 102 valence electrons. The molecule has 0 radical (unpaired) electrons. The minimum absolute atomic E-state index is 0.0807. The largest absolute Gasteiger partial charge is 0.358 e. The summed E-state index contributed by atoms with van der Waals surface area (Å²) in [5, 5.41) is 11.9. The van der Waals surface area contributed by atoms with Crippen molar-refractivity contribution in [3.05, 3.63) is 22.9 Å². The molecular weight excluding hydrogens is 248 g/mol. The van der Waals surface area contributed by atoms with Gasteiger partial charge in [-0.25, -0.2) is 19.3 Å². The van der Waals surface area contributed by atoms with Crippen LogP contribution in [0.3, 0.4) is 0 Å². The molecule has 0 aliphatic rings. The molecule has 0 saturated carbocycles. The highest BCUT2D eigenvalue weighted by Crippen LogP contribution is 2.06. The lowest BCUT2D eigenvalue weighted by Crippen LogP contribution is -2.41.